The van der Waals surface area contributed by atoms with Gasteiger partial charge in [0.15, 0.2) is 5.96 Å². The van der Waals surface area contributed by atoms with E-state index in [1.807, 2.05) is 11.3 Å². The fraction of sp³-hybridized carbons (Fsp3) is 0.722. The number of thiophene rings is 1. The molecule has 0 aromatic carbocycles. The third-order valence-corrected chi connectivity index (χ3v) is 5.09. The van der Waals surface area contributed by atoms with Gasteiger partial charge in [-0.05, 0) is 50.1 Å². The highest BCUT2D eigenvalue weighted by Gasteiger charge is 2.20. The summed E-state index contributed by atoms with van der Waals surface area (Å²) < 4.78 is 5.09. The predicted octanol–water partition coefficient (Wildman–Crippen LogP) is 3.17. The molecule has 0 spiro atoms. The number of nitrogens with one attached hydrogen (secondary N) is 2. The van der Waals surface area contributed by atoms with Crippen molar-refractivity contribution in [3.63, 3.8) is 0 Å². The van der Waals surface area contributed by atoms with E-state index in [4.69, 9.17) is 9.73 Å². The van der Waals surface area contributed by atoms with Crippen molar-refractivity contribution in [2.75, 3.05) is 46.4 Å². The Hall–Kier alpha value is -0.380. The van der Waals surface area contributed by atoms with E-state index in [9.17, 15) is 0 Å². The van der Waals surface area contributed by atoms with E-state index in [-0.39, 0.29) is 24.0 Å². The zero-order valence-corrected chi connectivity index (χ0v) is 18.6. The zero-order chi connectivity index (χ0) is 17.0. The summed E-state index contributed by atoms with van der Waals surface area (Å²) in [6, 6.07) is 4.38. The first-order valence-corrected chi connectivity index (χ1v) is 9.95. The number of aliphatic imine (C=N–C) groups is 1. The first-order chi connectivity index (χ1) is 11.8. The van der Waals surface area contributed by atoms with Crippen LogP contribution in [0.15, 0.2) is 22.5 Å². The molecule has 0 aliphatic carbocycles. The molecule has 1 unspecified atom stereocenters. The number of ether oxygens (including phenoxy) is 1. The average molecular weight is 480 g/mol. The topological polar surface area (TPSA) is 48.9 Å². The highest BCUT2D eigenvalue weighted by Crippen LogP contribution is 2.20. The van der Waals surface area contributed by atoms with Crippen LogP contribution in [0.1, 0.15) is 31.1 Å². The van der Waals surface area contributed by atoms with E-state index in [1.54, 1.807) is 7.11 Å². The Bertz CT molecular complexity index is 470. The van der Waals surface area contributed by atoms with Gasteiger partial charge in [0.05, 0.1) is 0 Å². The van der Waals surface area contributed by atoms with Crippen LogP contribution in [-0.4, -0.2) is 57.3 Å². The average Bonchev–Trinajstić information content (AvgIpc) is 3.10. The summed E-state index contributed by atoms with van der Waals surface area (Å²) >= 11 is 1.86. The summed E-state index contributed by atoms with van der Waals surface area (Å²) in [7, 11) is 1.74. The number of halogens is 1. The molecule has 0 amide bonds. The molecule has 1 aliphatic heterocycles. The van der Waals surface area contributed by atoms with Crippen molar-refractivity contribution in [2.24, 2.45) is 10.9 Å². The molecule has 2 heterocycles. The Balaban J connectivity index is 0.00000312. The summed E-state index contributed by atoms with van der Waals surface area (Å²) in [6.07, 6.45) is 3.57. The molecule has 2 N–H and O–H groups in total. The van der Waals surface area contributed by atoms with Gasteiger partial charge >= 0.3 is 0 Å². The van der Waals surface area contributed by atoms with Gasteiger partial charge in [-0.25, -0.2) is 0 Å². The van der Waals surface area contributed by atoms with Gasteiger partial charge in [0.1, 0.15) is 0 Å². The molecular weight excluding hydrogens is 447 g/mol. The maximum Gasteiger partial charge on any atom is 0.191 e. The number of hydrogen-bond donors (Lipinski definition) is 2. The molecule has 144 valence electrons. The monoisotopic (exact) mass is 480 g/mol. The van der Waals surface area contributed by atoms with E-state index < -0.39 is 0 Å². The van der Waals surface area contributed by atoms with E-state index >= 15 is 0 Å². The van der Waals surface area contributed by atoms with Crippen molar-refractivity contribution in [1.82, 2.24) is 15.5 Å². The van der Waals surface area contributed by atoms with Gasteiger partial charge < -0.3 is 15.4 Å². The van der Waals surface area contributed by atoms with Crippen molar-refractivity contribution >= 4 is 41.3 Å². The molecule has 1 saturated heterocycles. The third kappa shape index (κ3) is 9.21. The van der Waals surface area contributed by atoms with Gasteiger partial charge in [0, 0.05) is 51.3 Å². The van der Waals surface area contributed by atoms with Crippen LogP contribution < -0.4 is 10.6 Å². The molecule has 1 fully saturated rings. The zero-order valence-electron chi connectivity index (χ0n) is 15.5. The SMILES string of the molecule is CCNC(=NCC1CCCN(Cc2cccs2)C1)NCCCOC.I. The second kappa shape index (κ2) is 13.8. The summed E-state index contributed by atoms with van der Waals surface area (Å²) in [6.45, 7) is 9.05. The predicted molar refractivity (Wildman–Crippen MR) is 118 cm³/mol. The second-order valence-electron chi connectivity index (χ2n) is 6.32. The number of hydrogen-bond acceptors (Lipinski definition) is 4. The quantitative estimate of drug-likeness (QED) is 0.247. The van der Waals surface area contributed by atoms with Crippen LogP contribution in [0.2, 0.25) is 0 Å². The molecule has 0 radical (unpaired) electrons. The van der Waals surface area contributed by atoms with E-state index in [0.717, 1.165) is 51.7 Å². The minimum atomic E-state index is 0. The molecule has 5 nitrogen and oxygen atoms in total. The molecule has 1 aromatic rings. The fourth-order valence-corrected chi connectivity index (χ4v) is 3.80. The fourth-order valence-electron chi connectivity index (χ4n) is 3.05. The normalized spacial score (nSPS) is 18.6. The van der Waals surface area contributed by atoms with Crippen LogP contribution in [-0.2, 0) is 11.3 Å². The summed E-state index contributed by atoms with van der Waals surface area (Å²) in [4.78, 5) is 8.84. The molecule has 0 bridgehead atoms. The Labute approximate surface area is 173 Å². The van der Waals surface area contributed by atoms with E-state index in [0.29, 0.717) is 5.92 Å². The molecular formula is C18H33IN4OS. The number of guanidine groups is 1. The van der Waals surface area contributed by atoms with Gasteiger partial charge in [-0.3, -0.25) is 9.89 Å². The first-order valence-electron chi connectivity index (χ1n) is 9.07. The Morgan fingerprint density at radius 3 is 3.04 bits per heavy atom. The highest BCUT2D eigenvalue weighted by atomic mass is 127. The number of nitrogens with zero attached hydrogens (tertiary/aromatic N) is 2. The van der Waals surface area contributed by atoms with Gasteiger partial charge in [-0.2, -0.15) is 0 Å². The van der Waals surface area contributed by atoms with Crippen LogP contribution in [0.4, 0.5) is 0 Å². The lowest BCUT2D eigenvalue weighted by Gasteiger charge is -2.31. The Kier molecular flexibility index (Phi) is 12.5. The lowest BCUT2D eigenvalue weighted by Crippen LogP contribution is -2.40. The summed E-state index contributed by atoms with van der Waals surface area (Å²) in [5, 5.41) is 8.89. The Morgan fingerprint density at radius 1 is 1.44 bits per heavy atom. The first kappa shape index (κ1) is 22.7. The Morgan fingerprint density at radius 2 is 2.32 bits per heavy atom. The number of likely N-dealkylation sites (tertiary alicyclic amines) is 1. The van der Waals surface area contributed by atoms with Crippen molar-refractivity contribution in [3.8, 4) is 0 Å². The smallest absolute Gasteiger partial charge is 0.191 e. The highest BCUT2D eigenvalue weighted by molar-refractivity contribution is 14.0. The van der Waals surface area contributed by atoms with Gasteiger partial charge in [0.2, 0.25) is 0 Å². The second-order valence-corrected chi connectivity index (χ2v) is 7.35. The number of piperidine rings is 1. The van der Waals surface area contributed by atoms with Crippen molar-refractivity contribution in [1.29, 1.82) is 0 Å². The summed E-state index contributed by atoms with van der Waals surface area (Å²) in [5.74, 6) is 1.59. The van der Waals surface area contributed by atoms with Crippen LogP contribution >= 0.6 is 35.3 Å². The van der Waals surface area contributed by atoms with Gasteiger partial charge in [-0.15, -0.1) is 35.3 Å². The summed E-state index contributed by atoms with van der Waals surface area (Å²) in [5.41, 5.74) is 0. The van der Waals surface area contributed by atoms with E-state index in [1.165, 1.54) is 24.3 Å². The standard InChI is InChI=1S/C18H32N4OS.HI/c1-3-19-18(20-9-6-11-23-2)21-13-16-7-4-10-22(14-16)15-17-8-5-12-24-17;/h5,8,12,16H,3-4,6-7,9-11,13-15H2,1-2H3,(H2,19,20,21);1H. The van der Waals surface area contributed by atoms with Crippen molar-refractivity contribution in [2.45, 2.75) is 32.7 Å². The number of methoxy groups -OCH3 is 1. The van der Waals surface area contributed by atoms with Crippen LogP contribution in [0.25, 0.3) is 0 Å². The molecule has 25 heavy (non-hydrogen) atoms. The number of rotatable bonds is 9. The van der Waals surface area contributed by atoms with Crippen molar-refractivity contribution in [3.05, 3.63) is 22.4 Å². The molecule has 2 rings (SSSR count). The van der Waals surface area contributed by atoms with Crippen LogP contribution in [0.3, 0.4) is 0 Å². The minimum absolute atomic E-state index is 0. The minimum Gasteiger partial charge on any atom is -0.385 e. The van der Waals surface area contributed by atoms with Gasteiger partial charge in [0.25, 0.3) is 0 Å². The maximum absolute atomic E-state index is 5.09. The van der Waals surface area contributed by atoms with Crippen LogP contribution in [0.5, 0.6) is 0 Å². The molecule has 1 aromatic heterocycles. The molecule has 7 heteroatoms. The van der Waals surface area contributed by atoms with Gasteiger partial charge in [-0.1, -0.05) is 6.07 Å². The maximum atomic E-state index is 5.09. The molecule has 1 atom stereocenters. The largest absolute Gasteiger partial charge is 0.385 e. The molecule has 1 aliphatic rings. The van der Waals surface area contributed by atoms with E-state index in [2.05, 4.69) is 40.0 Å². The van der Waals surface area contributed by atoms with Crippen LogP contribution in [0, 0.1) is 5.92 Å². The lowest BCUT2D eigenvalue weighted by molar-refractivity contribution is 0.172. The molecule has 0 saturated carbocycles. The third-order valence-electron chi connectivity index (χ3n) is 4.23. The van der Waals surface area contributed by atoms with Crippen molar-refractivity contribution < 1.29 is 4.74 Å². The lowest BCUT2D eigenvalue weighted by atomic mass is 9.98.